The number of hydrogen-bond acceptors (Lipinski definition) is 4. The van der Waals surface area contributed by atoms with Gasteiger partial charge in [0, 0.05) is 30.4 Å². The summed E-state index contributed by atoms with van der Waals surface area (Å²) in [6, 6.07) is 7.45. The second-order valence-electron chi connectivity index (χ2n) is 6.04. The van der Waals surface area contributed by atoms with E-state index in [4.69, 9.17) is 16.3 Å². The standard InChI is InChI=1S/C17H20ClN3O3/c18-15-3-1-14(2-4-15)9-17(12-22)11-21(7-8-24-17)16(23)10-20-6-5-19-13-20/h1-6,13,22H,7-12H2/t17-/m0/s1. The van der Waals surface area contributed by atoms with Gasteiger partial charge in [-0.1, -0.05) is 23.7 Å². The average Bonchev–Trinajstić information content (AvgIpc) is 3.10. The van der Waals surface area contributed by atoms with Crippen molar-refractivity contribution in [3.63, 3.8) is 0 Å². The molecule has 7 heteroatoms. The van der Waals surface area contributed by atoms with Crippen LogP contribution in [0.3, 0.4) is 0 Å². The van der Waals surface area contributed by atoms with Crippen LogP contribution in [0.15, 0.2) is 43.0 Å². The molecule has 0 aliphatic carbocycles. The summed E-state index contributed by atoms with van der Waals surface area (Å²) in [5.74, 6) is -0.00905. The maximum atomic E-state index is 12.5. The first-order valence-electron chi connectivity index (χ1n) is 7.83. The van der Waals surface area contributed by atoms with Crippen LogP contribution >= 0.6 is 11.6 Å². The molecule has 128 valence electrons. The number of morpholine rings is 1. The van der Waals surface area contributed by atoms with Crippen LogP contribution in [0.2, 0.25) is 5.02 Å². The van der Waals surface area contributed by atoms with E-state index in [-0.39, 0.29) is 19.1 Å². The number of amides is 1. The molecular weight excluding hydrogens is 330 g/mol. The average molecular weight is 350 g/mol. The lowest BCUT2D eigenvalue weighted by molar-refractivity contribution is -0.158. The van der Waals surface area contributed by atoms with Crippen LogP contribution in [0.4, 0.5) is 0 Å². The topological polar surface area (TPSA) is 67.6 Å². The molecule has 2 aromatic rings. The minimum absolute atomic E-state index is 0.00905. The van der Waals surface area contributed by atoms with Crippen molar-refractivity contribution in [2.45, 2.75) is 18.6 Å². The van der Waals surface area contributed by atoms with E-state index in [1.807, 2.05) is 24.3 Å². The monoisotopic (exact) mass is 349 g/mol. The molecule has 1 N–H and O–H groups in total. The number of ether oxygens (including phenoxy) is 1. The van der Waals surface area contributed by atoms with E-state index in [1.165, 1.54) is 0 Å². The van der Waals surface area contributed by atoms with Crippen LogP contribution in [0.25, 0.3) is 0 Å². The van der Waals surface area contributed by atoms with Gasteiger partial charge in [0.15, 0.2) is 0 Å². The first kappa shape index (κ1) is 17.0. The van der Waals surface area contributed by atoms with Gasteiger partial charge < -0.3 is 19.3 Å². The predicted octanol–water partition coefficient (Wildman–Crippen LogP) is 1.37. The lowest BCUT2D eigenvalue weighted by Crippen LogP contribution is -2.57. The molecule has 0 radical (unpaired) electrons. The van der Waals surface area contributed by atoms with Gasteiger partial charge in [0.2, 0.25) is 5.91 Å². The Morgan fingerprint density at radius 2 is 2.17 bits per heavy atom. The van der Waals surface area contributed by atoms with E-state index in [0.29, 0.717) is 31.1 Å². The van der Waals surface area contributed by atoms with Gasteiger partial charge in [-0.05, 0) is 17.7 Å². The molecule has 1 amide bonds. The van der Waals surface area contributed by atoms with Crippen molar-refractivity contribution in [3.8, 4) is 0 Å². The van der Waals surface area contributed by atoms with Gasteiger partial charge in [-0.3, -0.25) is 4.79 Å². The Labute approximate surface area is 145 Å². The zero-order valence-corrected chi connectivity index (χ0v) is 14.0. The van der Waals surface area contributed by atoms with Crippen LogP contribution in [0.1, 0.15) is 5.56 Å². The number of hydrogen-bond donors (Lipinski definition) is 1. The van der Waals surface area contributed by atoms with Gasteiger partial charge in [-0.15, -0.1) is 0 Å². The molecule has 2 heterocycles. The highest BCUT2D eigenvalue weighted by molar-refractivity contribution is 6.30. The summed E-state index contributed by atoms with van der Waals surface area (Å²) in [7, 11) is 0. The van der Waals surface area contributed by atoms with E-state index in [0.717, 1.165) is 5.56 Å². The summed E-state index contributed by atoms with van der Waals surface area (Å²) in [6.45, 7) is 1.38. The Morgan fingerprint density at radius 1 is 1.38 bits per heavy atom. The first-order chi connectivity index (χ1) is 11.6. The van der Waals surface area contributed by atoms with E-state index >= 15 is 0 Å². The fraction of sp³-hybridized carbons (Fsp3) is 0.412. The highest BCUT2D eigenvalue weighted by Gasteiger charge is 2.38. The summed E-state index contributed by atoms with van der Waals surface area (Å²) in [6.07, 6.45) is 5.54. The fourth-order valence-electron chi connectivity index (χ4n) is 2.93. The predicted molar refractivity (Wildman–Crippen MR) is 89.7 cm³/mol. The van der Waals surface area contributed by atoms with E-state index < -0.39 is 5.60 Å². The fourth-order valence-corrected chi connectivity index (χ4v) is 3.05. The lowest BCUT2D eigenvalue weighted by atomic mass is 9.93. The summed E-state index contributed by atoms with van der Waals surface area (Å²) >= 11 is 5.91. The number of aliphatic hydroxyl groups is 1. The van der Waals surface area contributed by atoms with Crippen molar-refractivity contribution in [2.75, 3.05) is 26.3 Å². The number of rotatable bonds is 5. The Bertz CT molecular complexity index is 675. The first-order valence-corrected chi connectivity index (χ1v) is 8.21. The molecule has 1 fully saturated rings. The number of halogens is 1. The van der Waals surface area contributed by atoms with Crippen molar-refractivity contribution in [1.82, 2.24) is 14.5 Å². The molecule has 0 saturated carbocycles. The number of aliphatic hydroxyl groups excluding tert-OH is 1. The van der Waals surface area contributed by atoms with Crippen LogP contribution in [-0.2, 0) is 22.5 Å². The molecule has 1 atom stereocenters. The molecule has 0 bridgehead atoms. The van der Waals surface area contributed by atoms with Crippen LogP contribution in [0, 0.1) is 0 Å². The summed E-state index contributed by atoms with van der Waals surface area (Å²) in [5, 5.41) is 10.6. The molecule has 1 aliphatic rings. The van der Waals surface area contributed by atoms with Gasteiger partial charge in [0.25, 0.3) is 0 Å². The van der Waals surface area contributed by atoms with Crippen molar-refractivity contribution in [1.29, 1.82) is 0 Å². The van der Waals surface area contributed by atoms with Crippen molar-refractivity contribution < 1.29 is 14.6 Å². The largest absolute Gasteiger partial charge is 0.393 e. The number of imidazole rings is 1. The Kier molecular flexibility index (Phi) is 5.18. The zero-order valence-electron chi connectivity index (χ0n) is 13.3. The van der Waals surface area contributed by atoms with Gasteiger partial charge >= 0.3 is 0 Å². The van der Waals surface area contributed by atoms with Crippen LogP contribution in [-0.4, -0.2) is 57.4 Å². The van der Waals surface area contributed by atoms with E-state index in [9.17, 15) is 9.90 Å². The number of carbonyl (C=O) groups excluding carboxylic acids is 1. The quantitative estimate of drug-likeness (QED) is 0.885. The van der Waals surface area contributed by atoms with Crippen molar-refractivity contribution in [3.05, 3.63) is 53.6 Å². The normalized spacial score (nSPS) is 21.0. The molecule has 6 nitrogen and oxygen atoms in total. The smallest absolute Gasteiger partial charge is 0.242 e. The Balaban J connectivity index is 1.69. The number of carbonyl (C=O) groups is 1. The minimum Gasteiger partial charge on any atom is -0.393 e. The molecule has 24 heavy (non-hydrogen) atoms. The summed E-state index contributed by atoms with van der Waals surface area (Å²) in [5.41, 5.74) is 0.230. The van der Waals surface area contributed by atoms with Crippen molar-refractivity contribution in [2.24, 2.45) is 0 Å². The number of aromatic nitrogens is 2. The molecular formula is C17H20ClN3O3. The lowest BCUT2D eigenvalue weighted by Gasteiger charge is -2.42. The van der Waals surface area contributed by atoms with E-state index in [1.54, 1.807) is 28.2 Å². The van der Waals surface area contributed by atoms with Gasteiger partial charge in [-0.25, -0.2) is 4.98 Å². The molecule has 0 spiro atoms. The molecule has 1 aliphatic heterocycles. The second-order valence-corrected chi connectivity index (χ2v) is 6.48. The van der Waals surface area contributed by atoms with Gasteiger partial charge in [0.1, 0.15) is 12.1 Å². The van der Waals surface area contributed by atoms with E-state index in [2.05, 4.69) is 4.98 Å². The van der Waals surface area contributed by atoms with Crippen LogP contribution < -0.4 is 0 Å². The number of benzene rings is 1. The zero-order chi connectivity index (χ0) is 17.0. The minimum atomic E-state index is -0.781. The van der Waals surface area contributed by atoms with Crippen molar-refractivity contribution >= 4 is 17.5 Å². The summed E-state index contributed by atoms with van der Waals surface area (Å²) < 4.78 is 7.60. The third-order valence-electron chi connectivity index (χ3n) is 4.21. The third-order valence-corrected chi connectivity index (χ3v) is 4.46. The third kappa shape index (κ3) is 3.95. The van der Waals surface area contributed by atoms with Gasteiger partial charge in [0.05, 0.1) is 26.1 Å². The second kappa shape index (κ2) is 7.34. The maximum Gasteiger partial charge on any atom is 0.242 e. The number of nitrogens with zero attached hydrogens (tertiary/aromatic N) is 3. The Morgan fingerprint density at radius 3 is 2.83 bits per heavy atom. The maximum absolute atomic E-state index is 12.5. The molecule has 0 unspecified atom stereocenters. The SMILES string of the molecule is O=C(Cn1ccnc1)N1CCO[C@@](CO)(Cc2ccc(Cl)cc2)C1. The molecule has 1 saturated heterocycles. The summed E-state index contributed by atoms with van der Waals surface area (Å²) in [4.78, 5) is 18.2. The highest BCUT2D eigenvalue weighted by atomic mass is 35.5. The molecule has 1 aromatic heterocycles. The molecule has 1 aromatic carbocycles. The van der Waals surface area contributed by atoms with Crippen LogP contribution in [0.5, 0.6) is 0 Å². The Hall–Kier alpha value is -1.89. The van der Waals surface area contributed by atoms with Gasteiger partial charge in [-0.2, -0.15) is 0 Å². The highest BCUT2D eigenvalue weighted by Crippen LogP contribution is 2.24. The molecule has 3 rings (SSSR count).